The monoisotopic (exact) mass is 382 g/mol. The van der Waals surface area contributed by atoms with Crippen LogP contribution in [0.5, 0.6) is 0 Å². The number of nitrogens with zero attached hydrogens (tertiary/aromatic N) is 5. The number of carbonyl (C=O) groups is 2. The number of nitrogens with one attached hydrogen (secondary N) is 1. The molecule has 2 atom stereocenters. The Morgan fingerprint density at radius 3 is 2.89 bits per heavy atom. The molecule has 0 aliphatic carbocycles. The number of halogens is 1. The molecule has 10 heteroatoms. The van der Waals surface area contributed by atoms with Gasteiger partial charge in [-0.05, 0) is 19.3 Å². The molecule has 3 rings (SSSR count). The third kappa shape index (κ3) is 4.94. The molecular weight excluding hydrogens is 355 g/mol. The van der Waals surface area contributed by atoms with Gasteiger partial charge < -0.3 is 19.9 Å². The van der Waals surface area contributed by atoms with Gasteiger partial charge in [-0.25, -0.2) is 13.9 Å². The molecule has 0 aromatic carbocycles. The van der Waals surface area contributed by atoms with Crippen LogP contribution in [-0.4, -0.2) is 88.8 Å². The molecule has 1 aromatic rings. The molecule has 2 saturated heterocycles. The summed E-state index contributed by atoms with van der Waals surface area (Å²) < 4.78 is 20.4. The van der Waals surface area contributed by atoms with E-state index in [9.17, 15) is 14.0 Å². The van der Waals surface area contributed by atoms with Crippen LogP contribution in [0.25, 0.3) is 0 Å². The minimum Gasteiger partial charge on any atom is -0.385 e. The standard InChI is InChI=1S/C17H27FN6O3/c1-27-8-4-5-19-17(26)24-10-13(18)9-14(24)11-23-12-15(20-21-23)16(25)22-6-2-3-7-22/h12-14H,2-11H2,1H3,(H,19,26). The predicted molar refractivity (Wildman–Crippen MR) is 95.1 cm³/mol. The van der Waals surface area contributed by atoms with E-state index in [0.717, 1.165) is 25.9 Å². The van der Waals surface area contributed by atoms with Gasteiger partial charge in [0.2, 0.25) is 0 Å². The number of amides is 3. The summed E-state index contributed by atoms with van der Waals surface area (Å²) in [6, 6.07) is -0.608. The molecule has 9 nitrogen and oxygen atoms in total. The van der Waals surface area contributed by atoms with Crippen LogP contribution in [0.3, 0.4) is 0 Å². The molecule has 3 heterocycles. The highest BCUT2D eigenvalue weighted by Crippen LogP contribution is 2.22. The summed E-state index contributed by atoms with van der Waals surface area (Å²) in [5, 5.41) is 10.7. The van der Waals surface area contributed by atoms with Gasteiger partial charge in [-0.15, -0.1) is 5.10 Å². The Balaban J connectivity index is 1.56. The minimum atomic E-state index is -1.06. The summed E-state index contributed by atoms with van der Waals surface area (Å²) in [5.74, 6) is -0.124. The second-order valence-corrected chi connectivity index (χ2v) is 7.04. The summed E-state index contributed by atoms with van der Waals surface area (Å²) in [5.41, 5.74) is 0.294. The Kier molecular flexibility index (Phi) is 6.59. The van der Waals surface area contributed by atoms with Crippen LogP contribution in [0.2, 0.25) is 0 Å². The SMILES string of the molecule is COCCCNC(=O)N1CC(F)CC1Cn1cc(C(=O)N2CCCC2)nn1. The van der Waals surface area contributed by atoms with Crippen LogP contribution in [0.15, 0.2) is 6.20 Å². The molecule has 2 aliphatic heterocycles. The normalized spacial score (nSPS) is 22.4. The quantitative estimate of drug-likeness (QED) is 0.700. The zero-order valence-corrected chi connectivity index (χ0v) is 15.6. The van der Waals surface area contributed by atoms with E-state index in [1.54, 1.807) is 18.2 Å². The fourth-order valence-corrected chi connectivity index (χ4v) is 3.58. The number of rotatable bonds is 7. The van der Waals surface area contributed by atoms with Crippen molar-refractivity contribution in [1.82, 2.24) is 30.1 Å². The van der Waals surface area contributed by atoms with E-state index < -0.39 is 6.17 Å². The molecule has 2 aliphatic rings. The van der Waals surface area contributed by atoms with E-state index in [2.05, 4.69) is 15.6 Å². The van der Waals surface area contributed by atoms with E-state index in [0.29, 0.717) is 31.8 Å². The Bertz CT molecular complexity index is 648. The lowest BCUT2D eigenvalue weighted by atomic mass is 10.2. The molecule has 3 amide bonds. The van der Waals surface area contributed by atoms with Crippen LogP contribution in [0, 0.1) is 0 Å². The Morgan fingerprint density at radius 1 is 1.37 bits per heavy atom. The Labute approximate surface area is 157 Å². The highest BCUT2D eigenvalue weighted by Gasteiger charge is 2.36. The number of hydrogen-bond donors (Lipinski definition) is 1. The zero-order valence-electron chi connectivity index (χ0n) is 15.6. The van der Waals surface area contributed by atoms with Crippen molar-refractivity contribution in [2.24, 2.45) is 0 Å². The largest absolute Gasteiger partial charge is 0.385 e. The van der Waals surface area contributed by atoms with Gasteiger partial charge in [-0.2, -0.15) is 0 Å². The first-order chi connectivity index (χ1) is 13.1. The van der Waals surface area contributed by atoms with Gasteiger partial charge in [0.05, 0.1) is 25.3 Å². The molecule has 0 spiro atoms. The number of aromatic nitrogens is 3. The molecule has 1 N–H and O–H groups in total. The maximum Gasteiger partial charge on any atom is 0.317 e. The topological polar surface area (TPSA) is 92.6 Å². The second kappa shape index (κ2) is 9.12. The molecule has 150 valence electrons. The van der Waals surface area contributed by atoms with Crippen molar-refractivity contribution < 1.29 is 18.7 Å². The van der Waals surface area contributed by atoms with Crippen LogP contribution in [0.1, 0.15) is 36.2 Å². The van der Waals surface area contributed by atoms with Gasteiger partial charge in [-0.3, -0.25) is 4.79 Å². The number of alkyl halides is 1. The first kappa shape index (κ1) is 19.5. The second-order valence-electron chi connectivity index (χ2n) is 7.04. The van der Waals surface area contributed by atoms with Gasteiger partial charge in [0.1, 0.15) is 6.17 Å². The summed E-state index contributed by atoms with van der Waals surface area (Å²) in [7, 11) is 1.60. The van der Waals surface area contributed by atoms with Crippen molar-refractivity contribution in [3.8, 4) is 0 Å². The molecule has 2 unspecified atom stereocenters. The number of ether oxygens (including phenoxy) is 1. The minimum absolute atomic E-state index is 0.0645. The highest BCUT2D eigenvalue weighted by molar-refractivity contribution is 5.92. The average molecular weight is 382 g/mol. The fourth-order valence-electron chi connectivity index (χ4n) is 3.58. The molecule has 0 bridgehead atoms. The van der Waals surface area contributed by atoms with E-state index in [4.69, 9.17) is 4.74 Å². The summed E-state index contributed by atoms with van der Waals surface area (Å²) in [6.45, 7) is 2.90. The van der Waals surface area contributed by atoms with Crippen molar-refractivity contribution in [2.75, 3.05) is 39.9 Å². The first-order valence-electron chi connectivity index (χ1n) is 9.45. The van der Waals surface area contributed by atoms with Gasteiger partial charge in [-0.1, -0.05) is 5.21 Å². The summed E-state index contributed by atoms with van der Waals surface area (Å²) >= 11 is 0. The van der Waals surface area contributed by atoms with Gasteiger partial charge in [0.15, 0.2) is 5.69 Å². The van der Waals surface area contributed by atoms with Gasteiger partial charge in [0, 0.05) is 39.8 Å². The third-order valence-corrected chi connectivity index (χ3v) is 4.97. The van der Waals surface area contributed by atoms with Crippen LogP contribution in [0.4, 0.5) is 9.18 Å². The fraction of sp³-hybridized carbons (Fsp3) is 0.765. The smallest absolute Gasteiger partial charge is 0.317 e. The number of carbonyl (C=O) groups excluding carboxylic acids is 2. The van der Waals surface area contributed by atoms with Crippen molar-refractivity contribution in [3.05, 3.63) is 11.9 Å². The maximum atomic E-state index is 13.9. The van der Waals surface area contributed by atoms with Crippen LogP contribution < -0.4 is 5.32 Å². The van der Waals surface area contributed by atoms with Crippen molar-refractivity contribution in [2.45, 2.75) is 44.4 Å². The lowest BCUT2D eigenvalue weighted by Crippen LogP contribution is -2.45. The molecular formula is C17H27FN6O3. The molecule has 27 heavy (non-hydrogen) atoms. The van der Waals surface area contributed by atoms with Crippen molar-refractivity contribution >= 4 is 11.9 Å². The molecule has 0 radical (unpaired) electrons. The van der Waals surface area contributed by atoms with E-state index in [1.807, 2.05) is 0 Å². The average Bonchev–Trinajstić information content (AvgIpc) is 3.39. The lowest BCUT2D eigenvalue weighted by molar-refractivity contribution is 0.0787. The summed E-state index contributed by atoms with van der Waals surface area (Å²) in [6.07, 6.45) is 3.49. The number of methoxy groups -OCH3 is 1. The zero-order chi connectivity index (χ0) is 19.2. The van der Waals surface area contributed by atoms with Crippen LogP contribution in [-0.2, 0) is 11.3 Å². The predicted octanol–water partition coefficient (Wildman–Crippen LogP) is 0.673. The maximum absolute atomic E-state index is 13.9. The van der Waals surface area contributed by atoms with Gasteiger partial charge >= 0.3 is 6.03 Å². The highest BCUT2D eigenvalue weighted by atomic mass is 19.1. The number of hydrogen-bond acceptors (Lipinski definition) is 5. The third-order valence-electron chi connectivity index (χ3n) is 4.97. The van der Waals surface area contributed by atoms with Crippen molar-refractivity contribution in [3.63, 3.8) is 0 Å². The number of likely N-dealkylation sites (tertiary alicyclic amines) is 2. The lowest BCUT2D eigenvalue weighted by Gasteiger charge is -2.24. The summed E-state index contributed by atoms with van der Waals surface area (Å²) in [4.78, 5) is 28.0. The van der Waals surface area contributed by atoms with E-state index in [-0.39, 0.29) is 30.9 Å². The Hall–Kier alpha value is -2.23. The number of urea groups is 1. The molecule has 0 saturated carbocycles. The van der Waals surface area contributed by atoms with Crippen LogP contribution >= 0.6 is 0 Å². The van der Waals surface area contributed by atoms with E-state index >= 15 is 0 Å². The van der Waals surface area contributed by atoms with Crippen molar-refractivity contribution in [1.29, 1.82) is 0 Å². The van der Waals surface area contributed by atoms with Gasteiger partial charge in [0.25, 0.3) is 5.91 Å². The Morgan fingerprint density at radius 2 is 2.15 bits per heavy atom. The van der Waals surface area contributed by atoms with E-state index in [1.165, 1.54) is 9.58 Å². The molecule has 2 fully saturated rings. The first-order valence-corrected chi connectivity index (χ1v) is 9.45. The molecule has 1 aromatic heterocycles.